The fourth-order valence-electron chi connectivity index (χ4n) is 3.41. The van der Waals surface area contributed by atoms with E-state index in [1.807, 2.05) is 67.0 Å². The van der Waals surface area contributed by atoms with E-state index in [4.69, 9.17) is 4.74 Å². The highest BCUT2D eigenvalue weighted by molar-refractivity contribution is 5.79. The zero-order valence-electron chi connectivity index (χ0n) is 15.3. The molecule has 1 aliphatic heterocycles. The van der Waals surface area contributed by atoms with E-state index in [2.05, 4.69) is 5.10 Å². The maximum absolute atomic E-state index is 12.8. The van der Waals surface area contributed by atoms with Crippen molar-refractivity contribution in [3.8, 4) is 5.75 Å². The number of hydrogen-bond acceptors (Lipinski definition) is 3. The standard InChI is InChI=1S/C20H27N3O2/c1-15(2)25-19-8-4-6-17(10-19)11-20(24)23-9-5-7-18(23)14-22-13-16(3)12-21-22/h4,6,8,10,12-13,15,18H,5,7,9,11,14H2,1-3H3. The number of carbonyl (C=O) groups is 1. The molecule has 2 heterocycles. The average molecular weight is 341 g/mol. The average Bonchev–Trinajstić information content (AvgIpc) is 3.16. The Labute approximate surface area is 149 Å². The second kappa shape index (κ2) is 7.72. The molecule has 0 aliphatic carbocycles. The molecule has 0 bridgehead atoms. The SMILES string of the molecule is Cc1cnn(CC2CCCN2C(=O)Cc2cccc(OC(C)C)c2)c1. The van der Waals surface area contributed by atoms with Crippen LogP contribution in [0, 0.1) is 6.92 Å². The molecule has 2 aromatic rings. The lowest BCUT2D eigenvalue weighted by molar-refractivity contribution is -0.131. The van der Waals surface area contributed by atoms with Gasteiger partial charge in [0.05, 0.1) is 31.3 Å². The zero-order valence-corrected chi connectivity index (χ0v) is 15.3. The van der Waals surface area contributed by atoms with Crippen LogP contribution in [0.25, 0.3) is 0 Å². The van der Waals surface area contributed by atoms with Crippen LogP contribution in [-0.2, 0) is 17.8 Å². The van der Waals surface area contributed by atoms with Crippen molar-refractivity contribution in [1.29, 1.82) is 0 Å². The fourth-order valence-corrected chi connectivity index (χ4v) is 3.41. The van der Waals surface area contributed by atoms with Gasteiger partial charge in [-0.1, -0.05) is 12.1 Å². The first-order valence-electron chi connectivity index (χ1n) is 9.05. The summed E-state index contributed by atoms with van der Waals surface area (Å²) < 4.78 is 7.67. The highest BCUT2D eigenvalue weighted by atomic mass is 16.5. The molecule has 1 aliphatic rings. The fraction of sp³-hybridized carbons (Fsp3) is 0.500. The predicted octanol–water partition coefficient (Wildman–Crippen LogP) is 3.21. The van der Waals surface area contributed by atoms with E-state index < -0.39 is 0 Å². The smallest absolute Gasteiger partial charge is 0.227 e. The Bertz CT molecular complexity index is 723. The molecule has 1 saturated heterocycles. The molecule has 134 valence electrons. The molecule has 5 nitrogen and oxygen atoms in total. The third-order valence-corrected chi connectivity index (χ3v) is 4.48. The Kier molecular flexibility index (Phi) is 5.41. The highest BCUT2D eigenvalue weighted by Crippen LogP contribution is 2.21. The number of amides is 1. The van der Waals surface area contributed by atoms with Crippen molar-refractivity contribution in [3.63, 3.8) is 0 Å². The van der Waals surface area contributed by atoms with Crippen molar-refractivity contribution < 1.29 is 9.53 Å². The van der Waals surface area contributed by atoms with Gasteiger partial charge in [-0.25, -0.2) is 0 Å². The maximum Gasteiger partial charge on any atom is 0.227 e. The molecule has 5 heteroatoms. The summed E-state index contributed by atoms with van der Waals surface area (Å²) in [6.45, 7) is 7.66. The van der Waals surface area contributed by atoms with E-state index in [1.54, 1.807) is 0 Å². The van der Waals surface area contributed by atoms with Crippen molar-refractivity contribution in [1.82, 2.24) is 14.7 Å². The van der Waals surface area contributed by atoms with Crippen LogP contribution in [0.4, 0.5) is 0 Å². The largest absolute Gasteiger partial charge is 0.491 e. The van der Waals surface area contributed by atoms with Gasteiger partial charge in [0.25, 0.3) is 0 Å². The second-order valence-electron chi connectivity index (χ2n) is 7.11. The molecule has 1 unspecified atom stereocenters. The van der Waals surface area contributed by atoms with E-state index in [0.29, 0.717) is 6.42 Å². The Morgan fingerprint density at radius 1 is 1.40 bits per heavy atom. The van der Waals surface area contributed by atoms with Crippen LogP contribution in [0.2, 0.25) is 0 Å². The van der Waals surface area contributed by atoms with Gasteiger partial charge in [0.1, 0.15) is 5.75 Å². The van der Waals surface area contributed by atoms with Crippen LogP contribution in [-0.4, -0.2) is 39.3 Å². The molecule has 0 saturated carbocycles. The minimum Gasteiger partial charge on any atom is -0.491 e. The molecule has 0 radical (unpaired) electrons. The molecular formula is C20H27N3O2. The summed E-state index contributed by atoms with van der Waals surface area (Å²) >= 11 is 0. The van der Waals surface area contributed by atoms with Crippen molar-refractivity contribution in [2.45, 2.75) is 58.7 Å². The van der Waals surface area contributed by atoms with E-state index in [1.165, 1.54) is 0 Å². The van der Waals surface area contributed by atoms with E-state index in [0.717, 1.165) is 42.8 Å². The summed E-state index contributed by atoms with van der Waals surface area (Å²) in [4.78, 5) is 14.8. The van der Waals surface area contributed by atoms with E-state index >= 15 is 0 Å². The Morgan fingerprint density at radius 3 is 2.96 bits per heavy atom. The molecule has 0 spiro atoms. The number of ether oxygens (including phenoxy) is 1. The highest BCUT2D eigenvalue weighted by Gasteiger charge is 2.29. The molecule has 0 N–H and O–H groups in total. The molecule has 25 heavy (non-hydrogen) atoms. The third-order valence-electron chi connectivity index (χ3n) is 4.48. The van der Waals surface area contributed by atoms with Crippen LogP contribution >= 0.6 is 0 Å². The monoisotopic (exact) mass is 341 g/mol. The first-order valence-corrected chi connectivity index (χ1v) is 9.05. The van der Waals surface area contributed by atoms with Gasteiger partial charge in [0.15, 0.2) is 0 Å². The maximum atomic E-state index is 12.8. The van der Waals surface area contributed by atoms with Gasteiger partial charge in [0.2, 0.25) is 5.91 Å². The van der Waals surface area contributed by atoms with Crippen LogP contribution in [0.1, 0.15) is 37.8 Å². The molecule has 1 atom stereocenters. The summed E-state index contributed by atoms with van der Waals surface area (Å²) in [5, 5.41) is 4.36. The molecule has 3 rings (SSSR count). The van der Waals surface area contributed by atoms with Crippen LogP contribution in [0.3, 0.4) is 0 Å². The van der Waals surface area contributed by atoms with Gasteiger partial charge in [-0.05, 0) is 56.9 Å². The Balaban J connectivity index is 1.63. The quantitative estimate of drug-likeness (QED) is 0.810. The number of benzene rings is 1. The number of carbonyl (C=O) groups excluding carboxylic acids is 1. The summed E-state index contributed by atoms with van der Waals surface area (Å²) in [5.41, 5.74) is 2.15. The van der Waals surface area contributed by atoms with Crippen LogP contribution < -0.4 is 4.74 Å². The van der Waals surface area contributed by atoms with E-state index in [9.17, 15) is 4.79 Å². The lowest BCUT2D eigenvalue weighted by atomic mass is 10.1. The molecule has 1 amide bonds. The summed E-state index contributed by atoms with van der Waals surface area (Å²) in [6, 6.07) is 8.09. The summed E-state index contributed by atoms with van der Waals surface area (Å²) in [5.74, 6) is 1.01. The number of aromatic nitrogens is 2. The Morgan fingerprint density at radius 2 is 2.24 bits per heavy atom. The third kappa shape index (κ3) is 4.62. The van der Waals surface area contributed by atoms with E-state index in [-0.39, 0.29) is 18.1 Å². The van der Waals surface area contributed by atoms with Crippen molar-refractivity contribution in [2.24, 2.45) is 0 Å². The second-order valence-corrected chi connectivity index (χ2v) is 7.11. The minimum atomic E-state index is 0.131. The molecular weight excluding hydrogens is 314 g/mol. The minimum absolute atomic E-state index is 0.131. The van der Waals surface area contributed by atoms with Crippen molar-refractivity contribution in [2.75, 3.05) is 6.54 Å². The first kappa shape index (κ1) is 17.5. The van der Waals surface area contributed by atoms with Gasteiger partial charge in [-0.2, -0.15) is 5.10 Å². The van der Waals surface area contributed by atoms with Crippen molar-refractivity contribution >= 4 is 5.91 Å². The number of rotatable bonds is 6. The van der Waals surface area contributed by atoms with Crippen LogP contribution in [0.15, 0.2) is 36.7 Å². The van der Waals surface area contributed by atoms with Gasteiger partial charge < -0.3 is 9.64 Å². The zero-order chi connectivity index (χ0) is 17.8. The summed E-state index contributed by atoms with van der Waals surface area (Å²) in [7, 11) is 0. The Hall–Kier alpha value is -2.30. The number of aryl methyl sites for hydroxylation is 1. The number of nitrogens with zero attached hydrogens (tertiary/aromatic N) is 3. The first-order chi connectivity index (χ1) is 12.0. The predicted molar refractivity (Wildman–Crippen MR) is 97.6 cm³/mol. The lowest BCUT2D eigenvalue weighted by Crippen LogP contribution is -2.39. The molecule has 1 aromatic carbocycles. The molecule has 1 aromatic heterocycles. The van der Waals surface area contributed by atoms with Gasteiger partial charge in [0, 0.05) is 12.7 Å². The molecule has 1 fully saturated rings. The number of likely N-dealkylation sites (tertiary alicyclic amines) is 1. The normalized spacial score (nSPS) is 17.3. The van der Waals surface area contributed by atoms with Gasteiger partial charge in [-0.3, -0.25) is 9.48 Å². The van der Waals surface area contributed by atoms with Gasteiger partial charge >= 0.3 is 0 Å². The summed E-state index contributed by atoms with van der Waals surface area (Å²) in [6.07, 6.45) is 6.55. The van der Waals surface area contributed by atoms with Crippen LogP contribution in [0.5, 0.6) is 5.75 Å². The number of hydrogen-bond donors (Lipinski definition) is 0. The van der Waals surface area contributed by atoms with Gasteiger partial charge in [-0.15, -0.1) is 0 Å². The topological polar surface area (TPSA) is 47.4 Å². The lowest BCUT2D eigenvalue weighted by Gasteiger charge is -2.25. The van der Waals surface area contributed by atoms with Crippen molar-refractivity contribution in [3.05, 3.63) is 47.8 Å².